The minimum atomic E-state index is -0.108. The second kappa shape index (κ2) is 8.07. The van der Waals surface area contributed by atoms with Crippen LogP contribution in [0, 0.1) is 0 Å². The third-order valence-electron chi connectivity index (χ3n) is 5.19. The maximum absolute atomic E-state index is 12.6. The van der Waals surface area contributed by atoms with Gasteiger partial charge in [-0.1, -0.05) is 43.3 Å². The average Bonchev–Trinajstić information content (AvgIpc) is 3.35. The smallest absolute Gasteiger partial charge is 0.232 e. The second-order valence-electron chi connectivity index (χ2n) is 7.57. The van der Waals surface area contributed by atoms with Crippen molar-refractivity contribution in [3.05, 3.63) is 60.0 Å². The molecule has 3 aromatic rings. The first-order valence-corrected chi connectivity index (χ1v) is 10.0. The van der Waals surface area contributed by atoms with Crippen LogP contribution in [0.3, 0.4) is 0 Å². The number of carbonyl (C=O) groups is 1. The van der Waals surface area contributed by atoms with E-state index in [-0.39, 0.29) is 11.8 Å². The van der Waals surface area contributed by atoms with Crippen molar-refractivity contribution < 1.29 is 14.1 Å². The van der Waals surface area contributed by atoms with E-state index in [1.54, 1.807) is 4.90 Å². The van der Waals surface area contributed by atoms with Gasteiger partial charge in [0.2, 0.25) is 17.6 Å². The quantitative estimate of drug-likeness (QED) is 0.605. The van der Waals surface area contributed by atoms with Gasteiger partial charge in [0, 0.05) is 24.2 Å². The van der Waals surface area contributed by atoms with Crippen LogP contribution in [-0.2, 0) is 4.79 Å². The van der Waals surface area contributed by atoms with Crippen molar-refractivity contribution in [1.82, 2.24) is 10.1 Å². The standard InChI is InChI=1S/C23H25N3O3/c1-4-28-20-7-5-6-17(12-20)22-24-23(29-25-22)18-13-21(27)26(14-18)19-10-8-16(9-11-19)15(2)3/h5-12,15,18H,4,13-14H2,1-3H3. The highest BCUT2D eigenvalue weighted by Crippen LogP contribution is 2.33. The van der Waals surface area contributed by atoms with Crippen LogP contribution in [0.1, 0.15) is 50.5 Å². The van der Waals surface area contributed by atoms with E-state index in [4.69, 9.17) is 9.26 Å². The molecule has 1 amide bonds. The van der Waals surface area contributed by atoms with Gasteiger partial charge >= 0.3 is 0 Å². The SMILES string of the molecule is CCOc1cccc(-c2noc(C3CC(=O)N(c4ccc(C(C)C)cc4)C3)n2)c1. The maximum Gasteiger partial charge on any atom is 0.232 e. The molecule has 0 aliphatic carbocycles. The summed E-state index contributed by atoms with van der Waals surface area (Å²) < 4.78 is 11.0. The normalized spacial score (nSPS) is 16.6. The summed E-state index contributed by atoms with van der Waals surface area (Å²) in [6.07, 6.45) is 0.368. The lowest BCUT2D eigenvalue weighted by Crippen LogP contribution is -2.24. The number of amides is 1. The Bertz CT molecular complexity index is 995. The number of rotatable bonds is 6. The Balaban J connectivity index is 1.50. The third kappa shape index (κ3) is 4.01. The molecular formula is C23H25N3O3. The molecule has 1 atom stereocenters. The van der Waals surface area contributed by atoms with Gasteiger partial charge in [0.25, 0.3) is 0 Å². The predicted octanol–water partition coefficient (Wildman–Crippen LogP) is 4.78. The average molecular weight is 391 g/mol. The van der Waals surface area contributed by atoms with E-state index in [0.717, 1.165) is 17.0 Å². The van der Waals surface area contributed by atoms with Gasteiger partial charge in [0.15, 0.2) is 0 Å². The highest BCUT2D eigenvalue weighted by atomic mass is 16.5. The van der Waals surface area contributed by atoms with Gasteiger partial charge in [-0.2, -0.15) is 4.98 Å². The summed E-state index contributed by atoms with van der Waals surface area (Å²) in [7, 11) is 0. The summed E-state index contributed by atoms with van der Waals surface area (Å²) >= 11 is 0. The molecule has 2 heterocycles. The first-order valence-electron chi connectivity index (χ1n) is 10.0. The Morgan fingerprint density at radius 2 is 2.00 bits per heavy atom. The van der Waals surface area contributed by atoms with E-state index >= 15 is 0 Å². The van der Waals surface area contributed by atoms with Crippen LogP contribution in [0.25, 0.3) is 11.4 Å². The molecule has 6 nitrogen and oxygen atoms in total. The van der Waals surface area contributed by atoms with Crippen LogP contribution in [0.5, 0.6) is 5.75 Å². The molecule has 0 radical (unpaired) electrons. The number of hydrogen-bond donors (Lipinski definition) is 0. The molecule has 1 fully saturated rings. The molecule has 0 spiro atoms. The summed E-state index contributed by atoms with van der Waals surface area (Å²) in [6, 6.07) is 15.8. The van der Waals surface area contributed by atoms with Crippen LogP contribution < -0.4 is 9.64 Å². The molecule has 1 saturated heterocycles. The van der Waals surface area contributed by atoms with Gasteiger partial charge in [0.05, 0.1) is 12.5 Å². The molecule has 1 aliphatic heterocycles. The van der Waals surface area contributed by atoms with Crippen molar-refractivity contribution in [1.29, 1.82) is 0 Å². The first kappa shape index (κ1) is 19.2. The fourth-order valence-corrected chi connectivity index (χ4v) is 3.57. The van der Waals surface area contributed by atoms with E-state index in [9.17, 15) is 4.79 Å². The lowest BCUT2D eigenvalue weighted by Gasteiger charge is -2.17. The summed E-state index contributed by atoms with van der Waals surface area (Å²) in [5.74, 6) is 2.20. The number of aromatic nitrogens is 2. The van der Waals surface area contributed by atoms with Gasteiger partial charge < -0.3 is 14.2 Å². The van der Waals surface area contributed by atoms with Crippen molar-refractivity contribution in [3.63, 3.8) is 0 Å². The summed E-state index contributed by atoms with van der Waals surface area (Å²) in [5, 5.41) is 4.11. The van der Waals surface area contributed by atoms with Crippen LogP contribution in [0.15, 0.2) is 53.1 Å². The van der Waals surface area contributed by atoms with Gasteiger partial charge in [-0.25, -0.2) is 0 Å². The minimum Gasteiger partial charge on any atom is -0.494 e. The van der Waals surface area contributed by atoms with Crippen molar-refractivity contribution >= 4 is 11.6 Å². The van der Waals surface area contributed by atoms with Crippen molar-refractivity contribution in [3.8, 4) is 17.1 Å². The summed E-state index contributed by atoms with van der Waals surface area (Å²) in [6.45, 7) is 7.39. The van der Waals surface area contributed by atoms with Crippen molar-refractivity contribution in [2.45, 2.75) is 39.0 Å². The molecule has 1 aromatic heterocycles. The largest absolute Gasteiger partial charge is 0.494 e. The number of benzene rings is 2. The molecule has 0 bridgehead atoms. The van der Waals surface area contributed by atoms with Crippen molar-refractivity contribution in [2.75, 3.05) is 18.1 Å². The lowest BCUT2D eigenvalue weighted by atomic mass is 10.0. The maximum atomic E-state index is 12.6. The van der Waals surface area contributed by atoms with Gasteiger partial charge in [-0.3, -0.25) is 4.79 Å². The fraction of sp³-hybridized carbons (Fsp3) is 0.348. The molecule has 0 N–H and O–H groups in total. The number of hydrogen-bond acceptors (Lipinski definition) is 5. The van der Waals surface area contributed by atoms with E-state index in [2.05, 4.69) is 36.1 Å². The Morgan fingerprint density at radius 3 is 2.72 bits per heavy atom. The number of anilines is 1. The first-order chi connectivity index (χ1) is 14.0. The second-order valence-corrected chi connectivity index (χ2v) is 7.57. The van der Waals surface area contributed by atoms with Crippen LogP contribution in [-0.4, -0.2) is 29.2 Å². The Kier molecular flexibility index (Phi) is 5.34. The van der Waals surface area contributed by atoms with Crippen LogP contribution in [0.4, 0.5) is 5.69 Å². The lowest BCUT2D eigenvalue weighted by molar-refractivity contribution is -0.117. The minimum absolute atomic E-state index is 0.0744. The molecular weight excluding hydrogens is 366 g/mol. The Morgan fingerprint density at radius 1 is 1.21 bits per heavy atom. The zero-order valence-electron chi connectivity index (χ0n) is 17.0. The van der Waals surface area contributed by atoms with Gasteiger partial charge in [-0.05, 0) is 42.7 Å². The highest BCUT2D eigenvalue weighted by molar-refractivity contribution is 5.96. The third-order valence-corrected chi connectivity index (χ3v) is 5.19. The number of carbonyl (C=O) groups excluding carboxylic acids is 1. The van der Waals surface area contributed by atoms with E-state index < -0.39 is 0 Å². The zero-order valence-corrected chi connectivity index (χ0v) is 17.0. The molecule has 0 saturated carbocycles. The van der Waals surface area contributed by atoms with E-state index in [1.165, 1.54) is 5.56 Å². The Labute approximate surface area is 170 Å². The molecule has 1 aliphatic rings. The fourth-order valence-electron chi connectivity index (χ4n) is 3.57. The molecule has 2 aromatic carbocycles. The highest BCUT2D eigenvalue weighted by Gasteiger charge is 2.35. The molecule has 1 unspecified atom stereocenters. The van der Waals surface area contributed by atoms with Gasteiger partial charge in [0.1, 0.15) is 5.75 Å². The predicted molar refractivity (Wildman–Crippen MR) is 111 cm³/mol. The summed E-state index contributed by atoms with van der Waals surface area (Å²) in [4.78, 5) is 18.9. The van der Waals surface area contributed by atoms with Gasteiger partial charge in [-0.15, -0.1) is 0 Å². The van der Waals surface area contributed by atoms with E-state index in [0.29, 0.717) is 37.2 Å². The molecule has 6 heteroatoms. The number of ether oxygens (including phenoxy) is 1. The van der Waals surface area contributed by atoms with Crippen molar-refractivity contribution in [2.24, 2.45) is 0 Å². The molecule has 4 rings (SSSR count). The monoisotopic (exact) mass is 391 g/mol. The van der Waals surface area contributed by atoms with Crippen LogP contribution >= 0.6 is 0 Å². The Hall–Kier alpha value is -3.15. The topological polar surface area (TPSA) is 68.5 Å². The summed E-state index contributed by atoms with van der Waals surface area (Å²) in [5.41, 5.74) is 3.00. The van der Waals surface area contributed by atoms with E-state index in [1.807, 2.05) is 43.3 Å². The molecule has 29 heavy (non-hydrogen) atoms. The number of nitrogens with zero attached hydrogens (tertiary/aromatic N) is 3. The van der Waals surface area contributed by atoms with Crippen LogP contribution in [0.2, 0.25) is 0 Å². The zero-order chi connectivity index (χ0) is 20.4. The molecule has 150 valence electrons.